The van der Waals surface area contributed by atoms with E-state index in [-0.39, 0.29) is 11.1 Å². The van der Waals surface area contributed by atoms with Gasteiger partial charge in [0.25, 0.3) is 0 Å². The Morgan fingerprint density at radius 1 is 0.274 bits per heavy atom. The molecular formula is C105H66F6N2O4. The molecule has 0 radical (unpaired) electrons. The fourth-order valence-electron chi connectivity index (χ4n) is 18.7. The summed E-state index contributed by atoms with van der Waals surface area (Å²) in [5.41, 5.74) is 17.8. The highest BCUT2D eigenvalue weighted by Gasteiger charge is 2.50. The minimum Gasteiger partial charge on any atom is -0.457 e. The standard InChI is InChI=1S/C105H66F6N2O4/c1-5-61-23-37-73(38-24-61)114-75-41-27-63(28-42-75)104(65-51-93(106)101(110)94(107)52-65)87-19-11-7-15-77(87)81-47-33-71(59-91(81)104)112(67-35-49-99-85(55-67)83-17-9-13-21-97(83)116-99)69-31-45-79-80-46-32-70(58-90(80)103(3,4)89(79)57-69)113(68-36-50-100-86(56-68)84-18-10-14-22-98(84)117-100)72-34-48-82-78-16-8-12-20-88(78)105(92(82)60-72,66-53-95(108)102(111)96(109)54-66)64-29-43-76(44-30-64)115-74-39-25-62(6-2)26-40-74/h5-60H,1-2H2,3-4H3. The number of hydrogen-bond acceptors (Lipinski definition) is 6. The largest absolute Gasteiger partial charge is 0.457 e. The number of nitrogens with zero attached hydrogens (tertiary/aromatic N) is 2. The van der Waals surface area contributed by atoms with Gasteiger partial charge in [-0.1, -0.05) is 197 Å². The average Bonchev–Trinajstić information content (AvgIpc) is 1.54. The maximum atomic E-state index is 16.4. The Hall–Kier alpha value is -14.6. The number of furan rings is 2. The summed E-state index contributed by atoms with van der Waals surface area (Å²) in [4.78, 5) is 4.43. The number of halogens is 6. The molecule has 0 spiro atoms. The van der Waals surface area contributed by atoms with Crippen LogP contribution in [0, 0.1) is 34.9 Å². The van der Waals surface area contributed by atoms with E-state index < -0.39 is 51.1 Å². The highest BCUT2D eigenvalue weighted by atomic mass is 19.2. The van der Waals surface area contributed by atoms with Crippen LogP contribution in [0.2, 0.25) is 0 Å². The molecule has 12 heteroatoms. The van der Waals surface area contributed by atoms with Crippen LogP contribution in [0.5, 0.6) is 23.0 Å². The van der Waals surface area contributed by atoms with Crippen LogP contribution in [0.4, 0.5) is 60.5 Å². The van der Waals surface area contributed by atoms with E-state index in [9.17, 15) is 0 Å². The lowest BCUT2D eigenvalue weighted by molar-refractivity contribution is 0.443. The monoisotopic (exact) mass is 1530 g/mol. The van der Waals surface area contributed by atoms with E-state index in [2.05, 4.69) is 122 Å². The molecule has 2 heterocycles. The van der Waals surface area contributed by atoms with E-state index in [0.29, 0.717) is 67.8 Å². The second-order valence-electron chi connectivity index (χ2n) is 30.7. The summed E-state index contributed by atoms with van der Waals surface area (Å²) in [6.07, 6.45) is 3.51. The molecule has 562 valence electrons. The molecule has 2 unspecified atom stereocenters. The first-order valence-corrected chi connectivity index (χ1v) is 38.6. The third-order valence-corrected chi connectivity index (χ3v) is 24.1. The van der Waals surface area contributed by atoms with Gasteiger partial charge in [-0.05, 0) is 270 Å². The molecule has 16 aromatic carbocycles. The molecule has 0 aliphatic heterocycles. The van der Waals surface area contributed by atoms with Gasteiger partial charge in [0.15, 0.2) is 34.9 Å². The van der Waals surface area contributed by atoms with Crippen molar-refractivity contribution in [2.45, 2.75) is 30.1 Å². The molecular weight excluding hydrogens is 1470 g/mol. The van der Waals surface area contributed by atoms with Gasteiger partial charge in [0.05, 0.1) is 10.8 Å². The molecule has 21 rings (SSSR count). The quantitative estimate of drug-likeness (QED) is 0.0710. The number of rotatable bonds is 16. The van der Waals surface area contributed by atoms with Crippen LogP contribution < -0.4 is 19.3 Å². The highest BCUT2D eigenvalue weighted by molar-refractivity contribution is 6.08. The van der Waals surface area contributed by atoms with Crippen LogP contribution in [-0.4, -0.2) is 0 Å². The Morgan fingerprint density at radius 2 is 0.564 bits per heavy atom. The van der Waals surface area contributed by atoms with Gasteiger partial charge in [-0.25, -0.2) is 26.3 Å². The van der Waals surface area contributed by atoms with Crippen LogP contribution in [0.1, 0.15) is 80.6 Å². The third kappa shape index (κ3) is 10.9. The first-order valence-electron chi connectivity index (χ1n) is 38.6. The van der Waals surface area contributed by atoms with Gasteiger partial charge in [-0.15, -0.1) is 0 Å². The smallest absolute Gasteiger partial charge is 0.194 e. The topological polar surface area (TPSA) is 51.2 Å². The first kappa shape index (κ1) is 70.3. The molecule has 6 nitrogen and oxygen atoms in total. The summed E-state index contributed by atoms with van der Waals surface area (Å²) < 4.78 is 122. The summed E-state index contributed by atoms with van der Waals surface area (Å²) in [6, 6.07) is 104. The zero-order valence-corrected chi connectivity index (χ0v) is 63.0. The molecule has 117 heavy (non-hydrogen) atoms. The van der Waals surface area contributed by atoms with Crippen molar-refractivity contribution in [2.24, 2.45) is 0 Å². The normalized spacial score (nSPS) is 15.2. The van der Waals surface area contributed by atoms with Gasteiger partial charge in [0.2, 0.25) is 0 Å². The fourth-order valence-corrected chi connectivity index (χ4v) is 18.7. The van der Waals surface area contributed by atoms with Crippen LogP contribution >= 0.6 is 0 Å². The van der Waals surface area contributed by atoms with Crippen LogP contribution in [0.3, 0.4) is 0 Å². The van der Waals surface area contributed by atoms with Crippen molar-refractivity contribution in [1.82, 2.24) is 0 Å². The Kier molecular flexibility index (Phi) is 16.1. The van der Waals surface area contributed by atoms with Crippen molar-refractivity contribution >= 4 is 90.2 Å². The van der Waals surface area contributed by atoms with Gasteiger partial charge >= 0.3 is 0 Å². The zero-order chi connectivity index (χ0) is 79.3. The van der Waals surface area contributed by atoms with Gasteiger partial charge < -0.3 is 28.1 Å². The lowest BCUT2D eigenvalue weighted by Gasteiger charge is -2.35. The SMILES string of the molecule is C=Cc1ccc(Oc2ccc(C3(c4cc(F)c(F)c(F)c4)c4ccccc4-c4ccc(N(c5ccc6c(c5)C(C)(C)c5cc(N(c7ccc8c(c7)C(c7ccc(Oc9ccc(C=C)cc9)cc7)(c7cc(F)c(F)c(F)c7)c7ccccc7-8)c7ccc8oc9ccccc9c8c7)ccc5-6)c5ccc6oc7ccccc7c6c5)cc43)cc2)cc1. The number of fused-ring (bicyclic) bond motifs is 15. The Bertz CT molecular complexity index is 6720. The Morgan fingerprint density at radius 3 is 0.932 bits per heavy atom. The van der Waals surface area contributed by atoms with Gasteiger partial charge in [0, 0.05) is 61.1 Å². The minimum atomic E-state index is -1.57. The summed E-state index contributed by atoms with van der Waals surface area (Å²) in [5.74, 6) is -6.18. The Labute approximate surface area is 669 Å². The van der Waals surface area contributed by atoms with E-state index >= 15 is 26.3 Å². The molecule has 18 aromatic rings. The molecule has 2 atom stereocenters. The molecule has 0 saturated heterocycles. The molecule has 2 aromatic heterocycles. The second-order valence-corrected chi connectivity index (χ2v) is 30.7. The van der Waals surface area contributed by atoms with Crippen molar-refractivity contribution in [3.8, 4) is 56.4 Å². The number of ether oxygens (including phenoxy) is 2. The maximum absolute atomic E-state index is 16.4. The van der Waals surface area contributed by atoms with E-state index in [1.165, 1.54) is 0 Å². The highest BCUT2D eigenvalue weighted by Crippen LogP contribution is 2.62. The second kappa shape index (κ2) is 26.8. The first-order chi connectivity index (χ1) is 57.0. The summed E-state index contributed by atoms with van der Waals surface area (Å²) in [6.45, 7) is 12.3. The minimum absolute atomic E-state index is 0.187. The van der Waals surface area contributed by atoms with Crippen molar-refractivity contribution < 1.29 is 44.7 Å². The molecule has 0 bridgehead atoms. The average molecular weight is 1530 g/mol. The maximum Gasteiger partial charge on any atom is 0.194 e. The number of benzene rings is 16. The van der Waals surface area contributed by atoms with Crippen molar-refractivity contribution in [3.63, 3.8) is 0 Å². The summed E-state index contributed by atoms with van der Waals surface area (Å²) >= 11 is 0. The zero-order valence-electron chi connectivity index (χ0n) is 63.0. The summed E-state index contributed by atoms with van der Waals surface area (Å²) in [7, 11) is 0. The van der Waals surface area contributed by atoms with E-state index in [0.717, 1.165) is 146 Å². The predicted octanol–water partition coefficient (Wildman–Crippen LogP) is 29.2. The fraction of sp³-hybridized carbons (Fsp3) is 0.0476. The molecule has 3 aliphatic carbocycles. The number of para-hydroxylation sites is 2. The lowest BCUT2D eigenvalue weighted by Crippen LogP contribution is -2.29. The molecule has 3 aliphatic rings. The molecule has 0 amide bonds. The predicted molar refractivity (Wildman–Crippen MR) is 455 cm³/mol. The van der Waals surface area contributed by atoms with Crippen molar-refractivity contribution in [3.05, 3.63) is 442 Å². The number of anilines is 6. The lowest BCUT2D eigenvalue weighted by atomic mass is 9.67. The van der Waals surface area contributed by atoms with Gasteiger partial charge in [0.1, 0.15) is 45.3 Å². The van der Waals surface area contributed by atoms with Crippen molar-refractivity contribution in [1.29, 1.82) is 0 Å². The van der Waals surface area contributed by atoms with E-state index in [1.54, 1.807) is 12.2 Å². The number of hydrogen-bond donors (Lipinski definition) is 0. The van der Waals surface area contributed by atoms with E-state index in [1.807, 2.05) is 218 Å². The van der Waals surface area contributed by atoms with Crippen molar-refractivity contribution in [2.75, 3.05) is 9.80 Å². The van der Waals surface area contributed by atoms with E-state index in [4.69, 9.17) is 18.3 Å². The van der Waals surface area contributed by atoms with Gasteiger partial charge in [-0.3, -0.25) is 0 Å². The third-order valence-electron chi connectivity index (χ3n) is 24.1. The molecule has 0 saturated carbocycles. The summed E-state index contributed by atoms with van der Waals surface area (Å²) in [5, 5.41) is 3.64. The van der Waals surface area contributed by atoms with Gasteiger partial charge in [-0.2, -0.15) is 0 Å². The van der Waals surface area contributed by atoms with Crippen LogP contribution in [0.25, 0.3) is 89.4 Å². The van der Waals surface area contributed by atoms with Crippen LogP contribution in [0.15, 0.2) is 350 Å². The molecule has 0 N–H and O–H groups in total. The Balaban J connectivity index is 0.728. The van der Waals surface area contributed by atoms with Crippen LogP contribution in [-0.2, 0) is 16.2 Å². The molecule has 0 fully saturated rings.